The molecule has 3 aliphatic heterocycles. The number of hydrogen-bond acceptors (Lipinski definition) is 5. The largest absolute Gasteiger partial charge is 0.379 e. The van der Waals surface area contributed by atoms with Crippen LogP contribution in [0, 0.1) is 0 Å². The Hall–Kier alpha value is -6.96. The van der Waals surface area contributed by atoms with Gasteiger partial charge >= 0.3 is 0 Å². The summed E-state index contributed by atoms with van der Waals surface area (Å²) < 4.78 is 33.8. The zero-order valence-electron chi connectivity index (χ0n) is 81.4. The van der Waals surface area contributed by atoms with Crippen LogP contribution < -0.4 is 0 Å². The Kier molecular flexibility index (Phi) is 35.6. The van der Waals surface area contributed by atoms with Gasteiger partial charge in [0.05, 0.1) is 84.9 Å². The molecule has 7 aromatic heterocycles. The van der Waals surface area contributed by atoms with Gasteiger partial charge in [-0.2, -0.15) is 0 Å². The van der Waals surface area contributed by atoms with Crippen LogP contribution in [0.4, 0.5) is 0 Å². The Morgan fingerprint density at radius 3 is 0.780 bits per heavy atom. The first-order valence-electron chi connectivity index (χ1n) is 49.2. The van der Waals surface area contributed by atoms with Gasteiger partial charge in [-0.3, -0.25) is 14.7 Å². The van der Waals surface area contributed by atoms with E-state index in [-0.39, 0.29) is 10.8 Å². The van der Waals surface area contributed by atoms with Crippen LogP contribution in [-0.4, -0.2) is 124 Å². The van der Waals surface area contributed by atoms with Crippen LogP contribution in [0.2, 0.25) is 30.1 Å². The number of alkyl halides is 2. The van der Waals surface area contributed by atoms with Gasteiger partial charge in [-0.15, -0.1) is 23.2 Å². The van der Waals surface area contributed by atoms with Gasteiger partial charge in [-0.1, -0.05) is 261 Å². The van der Waals surface area contributed by atoms with E-state index in [0.29, 0.717) is 12.4 Å². The molecule has 27 rings (SSSR count). The molecule has 766 valence electrons. The molecule has 0 amide bonds. The van der Waals surface area contributed by atoms with Crippen LogP contribution in [0.15, 0.2) is 336 Å². The first kappa shape index (κ1) is 110. The predicted octanol–water partition coefficient (Wildman–Crippen LogP) is 41.0. The number of aryl methyl sites for hydroxylation is 1. The maximum atomic E-state index is 6.25. The second-order valence-electron chi connectivity index (χ2n) is 38.1. The highest BCUT2D eigenvalue weighted by atomic mass is 79.9. The lowest BCUT2D eigenvalue weighted by Crippen LogP contribution is -2.37. The number of H-pyrrole nitrogens is 2. The van der Waals surface area contributed by atoms with E-state index in [0.717, 1.165) is 187 Å². The molecule has 4 aliphatic rings. The number of rotatable bonds is 10. The molecule has 30 heteroatoms. The molecule has 2 N–H and O–H groups in total. The van der Waals surface area contributed by atoms with Crippen molar-refractivity contribution in [2.24, 2.45) is 0 Å². The van der Waals surface area contributed by atoms with Crippen LogP contribution in [0.1, 0.15) is 51.2 Å². The number of nitrogens with zero attached hydrogens (tertiary/aromatic N) is 8. The van der Waals surface area contributed by atoms with Gasteiger partial charge in [-0.05, 0) is 334 Å². The van der Waals surface area contributed by atoms with E-state index in [2.05, 4.69) is 422 Å². The van der Waals surface area contributed by atoms with Crippen LogP contribution in [-0.2, 0) is 48.0 Å². The number of nitrogens with one attached hydrogen (secondary N) is 2. The minimum Gasteiger partial charge on any atom is -0.379 e. The minimum atomic E-state index is -0.0808. The highest BCUT2D eigenvalue weighted by molar-refractivity contribution is 9.12. The molecule has 10 heterocycles. The van der Waals surface area contributed by atoms with Crippen molar-refractivity contribution in [2.75, 3.05) is 71.6 Å². The predicted molar refractivity (Wildman–Crippen MR) is 676 cm³/mol. The Morgan fingerprint density at radius 1 is 0.267 bits per heavy atom. The van der Waals surface area contributed by atoms with Gasteiger partial charge in [0, 0.05) is 245 Å². The first-order valence-corrected chi connectivity index (χ1v) is 60.3. The van der Waals surface area contributed by atoms with Crippen molar-refractivity contribution in [2.45, 2.75) is 83.9 Å². The molecule has 3 fully saturated rings. The number of halogens is 18. The molecule has 12 nitrogen and oxygen atoms in total. The molecule has 23 aromatic rings. The highest BCUT2D eigenvalue weighted by Gasteiger charge is 2.36. The normalized spacial score (nSPS) is 14.4. The van der Waals surface area contributed by atoms with E-state index in [1.54, 1.807) is 0 Å². The van der Waals surface area contributed by atoms with Crippen LogP contribution in [0.3, 0.4) is 0 Å². The third kappa shape index (κ3) is 24.3. The molecule has 150 heavy (non-hydrogen) atoms. The molecule has 0 bridgehead atoms. The van der Waals surface area contributed by atoms with Crippen molar-refractivity contribution in [1.29, 1.82) is 0 Å². The summed E-state index contributed by atoms with van der Waals surface area (Å²) in [6.45, 7) is 20.7. The maximum absolute atomic E-state index is 6.25. The van der Waals surface area contributed by atoms with E-state index >= 15 is 0 Å². The van der Waals surface area contributed by atoms with Gasteiger partial charge < -0.3 is 42.3 Å². The molecule has 0 radical (unpaired) electrons. The highest BCUT2D eigenvalue weighted by Crippen LogP contribution is 2.51. The number of morpholine rings is 2. The van der Waals surface area contributed by atoms with Crippen LogP contribution in [0.25, 0.3) is 164 Å². The zero-order valence-corrected chi connectivity index (χ0v) is 103. The van der Waals surface area contributed by atoms with Crippen LogP contribution >= 0.6 is 252 Å². The summed E-state index contributed by atoms with van der Waals surface area (Å²) in [5.41, 5.74) is 22.5. The van der Waals surface area contributed by atoms with E-state index < -0.39 is 0 Å². The van der Waals surface area contributed by atoms with Gasteiger partial charge in [-0.25, -0.2) is 0 Å². The lowest BCUT2D eigenvalue weighted by molar-refractivity contribution is 0.0248. The van der Waals surface area contributed by atoms with Gasteiger partial charge in [0.15, 0.2) is 0 Å². The average molecular weight is 2790 g/mol. The number of piperidine rings is 1. The number of benzene rings is 16. The zero-order chi connectivity index (χ0) is 105. The minimum absolute atomic E-state index is 0.0808. The van der Waals surface area contributed by atoms with E-state index in [9.17, 15) is 0 Å². The SMILES string of the molecule is Brc1ccc2[nH]c3ccc(Br)cc3c2c1.Brc1ccc2c(c1)c1cc(Br)ccc1n2CN1CCOCC1.CC1(C)c2cc(Br)ccc2-c2ccc(Br)cc21.CCn1c2ccc(Br)cc2c2cc(Br)ccc21.ClCC(Cl)Cn1c2ccc(Br)cc2c2cc(Br)ccc21.Clc1ccc2[nH]c3ccc(Cl)cc3c2c1.Clc1ccc2c(c1)c1cc(Cl)ccc1n2CN1CCCCC1.Clc1ccc2c(c1)c1cc(Cl)ccc1n2CN1CCOCC1. The average Bonchev–Trinajstić information content (AvgIpc) is 1.58. The summed E-state index contributed by atoms with van der Waals surface area (Å²) in [5.74, 6) is 0.440. The van der Waals surface area contributed by atoms with Crippen molar-refractivity contribution < 1.29 is 9.47 Å². The molecule has 1 aliphatic carbocycles. The number of fused-ring (bicyclic) bond motifs is 24. The first-order chi connectivity index (χ1) is 72.4. The number of likely N-dealkylation sites (tertiary alicyclic amines) is 1. The molecule has 1 atom stereocenters. The Balaban J connectivity index is 0.000000104. The Bertz CT molecular complexity index is 8120. The van der Waals surface area contributed by atoms with Gasteiger partial charge in [0.1, 0.15) is 0 Å². The van der Waals surface area contributed by atoms with E-state index in [4.69, 9.17) is 102 Å². The summed E-state index contributed by atoms with van der Waals surface area (Å²) in [4.78, 5) is 14.1. The molecule has 0 saturated carbocycles. The second kappa shape index (κ2) is 48.6. The second-order valence-corrected chi connectivity index (χ2v) is 50.8. The van der Waals surface area contributed by atoms with Crippen molar-refractivity contribution >= 4 is 405 Å². The smallest absolute Gasteiger partial charge is 0.0758 e. The van der Waals surface area contributed by atoms with Crippen molar-refractivity contribution in [3.05, 3.63) is 377 Å². The fraction of sp³-hybridized carbons (Fsp3) is 0.200. The molecule has 1 unspecified atom stereocenters. The Labute approximate surface area is 993 Å². The van der Waals surface area contributed by atoms with Crippen molar-refractivity contribution in [3.63, 3.8) is 0 Å². The summed E-state index contributed by atoms with van der Waals surface area (Å²) in [6.07, 6.45) is 3.96. The Morgan fingerprint density at radius 2 is 0.487 bits per heavy atom. The topological polar surface area (TPSA) is 84.4 Å². The summed E-state index contributed by atoms with van der Waals surface area (Å²) in [6, 6.07) is 100. The number of hydrogen-bond donors (Lipinski definition) is 2. The fourth-order valence-electron chi connectivity index (χ4n) is 21.0. The van der Waals surface area contributed by atoms with E-state index in [1.807, 2.05) is 97.1 Å². The van der Waals surface area contributed by atoms with Crippen molar-refractivity contribution in [3.8, 4) is 11.1 Å². The fourth-order valence-corrected chi connectivity index (χ4v) is 25.9. The lowest BCUT2D eigenvalue weighted by Gasteiger charge is -2.27. The maximum Gasteiger partial charge on any atom is 0.0758 e. The van der Waals surface area contributed by atoms with Gasteiger partial charge in [0.2, 0.25) is 0 Å². The summed E-state index contributed by atoms with van der Waals surface area (Å²) in [5, 5.41) is 21.4. The van der Waals surface area contributed by atoms with Crippen molar-refractivity contribution in [1.82, 2.24) is 47.5 Å². The number of aromatic nitrogens is 7. The summed E-state index contributed by atoms with van der Waals surface area (Å²) in [7, 11) is 0. The third-order valence-corrected chi connectivity index (χ3v) is 35.3. The monoisotopic (exact) mass is 2780 g/mol. The molecular formula is C120H98Br10Cl8N10O2. The molecule has 3 saturated heterocycles. The van der Waals surface area contributed by atoms with Crippen LogP contribution in [0.5, 0.6) is 0 Å². The molecule has 16 aromatic carbocycles. The number of aromatic amines is 2. The summed E-state index contributed by atoms with van der Waals surface area (Å²) >= 11 is 84.3. The van der Waals surface area contributed by atoms with Gasteiger partial charge in [0.25, 0.3) is 0 Å². The number of ether oxygens (including phenoxy) is 2. The quantitative estimate of drug-likeness (QED) is 0.133. The molecular weight excluding hydrogens is 2700 g/mol. The lowest BCUT2D eigenvalue weighted by atomic mass is 9.82. The molecule has 0 spiro atoms. The standard InChI is InChI=1S/C18H18Cl2N2.C17H16Br2N2O.C17H16Cl2N2O.C15H11Br2Cl2N.C15H12Br2.C14H11Br2N.C12H7Br2N.C12H7Cl2N/c19-13-4-6-17-15(10-13)16-11-14(20)5-7-18(16)22(17)12-21-8-2-1-3-9-21;2*18-12-1-3-16-14(9-12)15-10-13(19)2-4-17(15)21(16)11-20-5-7-22-8-6-20;16-9-1-3-14-12(5-9)13-6-10(17)2-4-15(13)20(14)8-11(19)7-18;1-15(2)13-7-9(16)3-5-11(13)12-6-4-10(17)8-14(12)15;1-2-17-13-5-3-9(15)7-11(13)12-8-10(16)4-6-14(12)17;2*13-7-1-3-11-9(5-7)10-6-8(14)2-4-12(10)15-11/h4-7,10-11H,1-3,8-9,12H2;2*1-4,9-10H,5-8,11H2;1-6,11H,7-8H2;3-8H,1-2H3;3-8H,2H2,1H3;2*1-6,15H. The third-order valence-electron chi connectivity index (χ3n) is 28.1. The van der Waals surface area contributed by atoms with E-state index in [1.165, 1.54) is 175 Å².